The smallest absolute Gasteiger partial charge is 0.291 e. The summed E-state index contributed by atoms with van der Waals surface area (Å²) in [7, 11) is 0. The van der Waals surface area contributed by atoms with Gasteiger partial charge in [-0.05, 0) is 0 Å². The third kappa shape index (κ3) is 3.14. The van der Waals surface area contributed by atoms with E-state index in [4.69, 9.17) is 5.73 Å². The number of pyridine rings is 1. The van der Waals surface area contributed by atoms with E-state index in [1.54, 1.807) is 4.57 Å². The number of primary amides is 1. The summed E-state index contributed by atoms with van der Waals surface area (Å²) >= 11 is 0. The monoisotopic (exact) mass is 292 g/mol. The Balaban J connectivity index is 0.00000144. The summed E-state index contributed by atoms with van der Waals surface area (Å²) in [6.45, 7) is 0. The number of nitrogens with zero attached hydrogens (tertiary/aromatic N) is 1. The Morgan fingerprint density at radius 2 is 1.53 bits per heavy atom. The zero-order valence-corrected chi connectivity index (χ0v) is 10.7. The molecular weight excluding hydrogens is 280 g/mol. The van der Waals surface area contributed by atoms with Gasteiger partial charge in [0, 0.05) is 17.7 Å². The van der Waals surface area contributed by atoms with Gasteiger partial charge >= 0.3 is 0 Å². The van der Waals surface area contributed by atoms with E-state index in [1.165, 1.54) is 0 Å². The molecule has 0 radical (unpaired) electrons. The largest absolute Gasteiger partial charge is 1.00 e. The first-order valence-corrected chi connectivity index (χ1v) is 5.09. The van der Waals surface area contributed by atoms with Crippen molar-refractivity contribution in [1.82, 2.24) is 0 Å². The standard InChI is InChI=1S/C13H12N2O.BrH/c14-13(16)12(11-7-3-1-4-8-11)15-9-5-2-6-10-15;/h1-10,12H,(H-,14,16);1H. The van der Waals surface area contributed by atoms with Crippen molar-refractivity contribution >= 4 is 5.91 Å². The SMILES string of the molecule is NC(=O)C(c1ccccc1)[n+]1ccccc1.[Br-]. The van der Waals surface area contributed by atoms with Crippen molar-refractivity contribution in [3.05, 3.63) is 66.5 Å². The summed E-state index contributed by atoms with van der Waals surface area (Å²) in [6, 6.07) is 14.7. The Morgan fingerprint density at radius 3 is 2.06 bits per heavy atom. The molecule has 0 saturated heterocycles. The predicted molar refractivity (Wildman–Crippen MR) is 60.4 cm³/mol. The lowest BCUT2D eigenvalue weighted by Gasteiger charge is -2.08. The minimum Gasteiger partial charge on any atom is -1.00 e. The van der Waals surface area contributed by atoms with Crippen molar-refractivity contribution in [2.75, 3.05) is 0 Å². The van der Waals surface area contributed by atoms with Crippen molar-refractivity contribution in [3.63, 3.8) is 0 Å². The first-order valence-electron chi connectivity index (χ1n) is 5.09. The second-order valence-corrected chi connectivity index (χ2v) is 3.54. The molecule has 1 aromatic carbocycles. The predicted octanol–water partition coefficient (Wildman–Crippen LogP) is -1.95. The van der Waals surface area contributed by atoms with Crippen LogP contribution in [0.15, 0.2) is 60.9 Å². The molecule has 0 aliphatic rings. The molecule has 88 valence electrons. The molecule has 1 atom stereocenters. The van der Waals surface area contributed by atoms with Gasteiger partial charge in [-0.2, -0.15) is 4.57 Å². The lowest BCUT2D eigenvalue weighted by molar-refractivity contribution is -0.700. The molecule has 1 aromatic heterocycles. The fourth-order valence-electron chi connectivity index (χ4n) is 1.70. The number of halogens is 1. The van der Waals surface area contributed by atoms with Crippen LogP contribution in [-0.2, 0) is 4.79 Å². The molecule has 0 fully saturated rings. The average molecular weight is 293 g/mol. The molecule has 3 nitrogen and oxygen atoms in total. The highest BCUT2D eigenvalue weighted by atomic mass is 79.9. The van der Waals surface area contributed by atoms with Crippen molar-refractivity contribution in [3.8, 4) is 0 Å². The van der Waals surface area contributed by atoms with E-state index in [0.717, 1.165) is 5.56 Å². The number of aromatic nitrogens is 1. The van der Waals surface area contributed by atoms with E-state index in [-0.39, 0.29) is 22.9 Å². The van der Waals surface area contributed by atoms with Gasteiger partial charge < -0.3 is 22.7 Å². The van der Waals surface area contributed by atoms with E-state index >= 15 is 0 Å². The average Bonchev–Trinajstić information content (AvgIpc) is 2.31. The molecule has 0 bridgehead atoms. The molecule has 17 heavy (non-hydrogen) atoms. The molecule has 1 unspecified atom stereocenters. The van der Waals surface area contributed by atoms with Crippen LogP contribution in [-0.4, -0.2) is 5.91 Å². The topological polar surface area (TPSA) is 47.0 Å². The second-order valence-electron chi connectivity index (χ2n) is 3.54. The molecule has 2 N–H and O–H groups in total. The molecule has 4 heteroatoms. The van der Waals surface area contributed by atoms with Crippen molar-refractivity contribution in [2.45, 2.75) is 6.04 Å². The summed E-state index contributed by atoms with van der Waals surface area (Å²) in [5.74, 6) is -0.359. The number of carbonyl (C=O) groups excluding carboxylic acids is 1. The van der Waals surface area contributed by atoms with E-state index in [9.17, 15) is 4.79 Å². The number of nitrogens with two attached hydrogens (primary N) is 1. The third-order valence-corrected chi connectivity index (χ3v) is 2.42. The van der Waals surface area contributed by atoms with Crippen LogP contribution in [0, 0.1) is 0 Å². The van der Waals surface area contributed by atoms with Gasteiger partial charge in [0.1, 0.15) is 0 Å². The number of benzene rings is 1. The first kappa shape index (κ1) is 13.4. The number of rotatable bonds is 3. The first-order chi connectivity index (χ1) is 7.79. The normalized spacial score (nSPS) is 11.3. The summed E-state index contributed by atoms with van der Waals surface area (Å²) < 4.78 is 1.80. The Labute approximate surface area is 111 Å². The molecule has 0 aliphatic carbocycles. The fraction of sp³-hybridized carbons (Fsp3) is 0.0769. The van der Waals surface area contributed by atoms with Crippen LogP contribution in [0.2, 0.25) is 0 Å². The number of amides is 1. The molecule has 1 amide bonds. The van der Waals surface area contributed by atoms with E-state index in [0.29, 0.717) is 0 Å². The Morgan fingerprint density at radius 1 is 1.00 bits per heavy atom. The molecule has 0 spiro atoms. The molecule has 2 rings (SSSR count). The Hall–Kier alpha value is -1.68. The van der Waals surface area contributed by atoms with Crippen LogP contribution in [0.1, 0.15) is 11.6 Å². The van der Waals surface area contributed by atoms with Gasteiger partial charge in [0.2, 0.25) is 0 Å². The van der Waals surface area contributed by atoms with E-state index in [1.807, 2.05) is 60.9 Å². The highest BCUT2D eigenvalue weighted by molar-refractivity contribution is 5.79. The fourth-order valence-corrected chi connectivity index (χ4v) is 1.70. The zero-order chi connectivity index (χ0) is 11.4. The van der Waals surface area contributed by atoms with Crippen molar-refractivity contribution in [2.24, 2.45) is 5.73 Å². The molecule has 0 aliphatic heterocycles. The van der Waals surface area contributed by atoms with Gasteiger partial charge in [0.05, 0.1) is 0 Å². The van der Waals surface area contributed by atoms with Gasteiger partial charge in [-0.1, -0.05) is 36.4 Å². The quantitative estimate of drug-likeness (QED) is 0.657. The Kier molecular flexibility index (Phi) is 4.84. The number of hydrogen-bond acceptors (Lipinski definition) is 1. The van der Waals surface area contributed by atoms with Crippen LogP contribution in [0.3, 0.4) is 0 Å². The molecular formula is C13H13BrN2O. The summed E-state index contributed by atoms with van der Waals surface area (Å²) in [5.41, 5.74) is 6.34. The lowest BCUT2D eigenvalue weighted by Crippen LogP contribution is -3.00. The molecule has 0 saturated carbocycles. The lowest BCUT2D eigenvalue weighted by atomic mass is 10.1. The maximum Gasteiger partial charge on any atom is 0.291 e. The minimum absolute atomic E-state index is 0. The second kappa shape index (κ2) is 6.15. The summed E-state index contributed by atoms with van der Waals surface area (Å²) in [6.07, 6.45) is 3.67. The third-order valence-electron chi connectivity index (χ3n) is 2.42. The summed E-state index contributed by atoms with van der Waals surface area (Å²) in [5, 5.41) is 0. The van der Waals surface area contributed by atoms with Gasteiger partial charge in [0.15, 0.2) is 12.4 Å². The van der Waals surface area contributed by atoms with Gasteiger partial charge in [-0.3, -0.25) is 4.79 Å². The highest BCUT2D eigenvalue weighted by Crippen LogP contribution is 2.10. The van der Waals surface area contributed by atoms with Crippen LogP contribution in [0.5, 0.6) is 0 Å². The van der Waals surface area contributed by atoms with E-state index in [2.05, 4.69) is 0 Å². The summed E-state index contributed by atoms with van der Waals surface area (Å²) in [4.78, 5) is 11.5. The van der Waals surface area contributed by atoms with Crippen LogP contribution in [0.4, 0.5) is 0 Å². The van der Waals surface area contributed by atoms with Gasteiger partial charge in [-0.15, -0.1) is 0 Å². The van der Waals surface area contributed by atoms with Crippen LogP contribution >= 0.6 is 0 Å². The van der Waals surface area contributed by atoms with E-state index < -0.39 is 6.04 Å². The Bertz CT molecular complexity index is 434. The van der Waals surface area contributed by atoms with Crippen molar-refractivity contribution in [1.29, 1.82) is 0 Å². The van der Waals surface area contributed by atoms with Crippen molar-refractivity contribution < 1.29 is 26.3 Å². The maximum absolute atomic E-state index is 11.5. The van der Waals surface area contributed by atoms with Crippen LogP contribution in [0.25, 0.3) is 0 Å². The minimum atomic E-state index is -0.442. The molecule has 1 heterocycles. The van der Waals surface area contributed by atoms with Crippen LogP contribution < -0.4 is 27.3 Å². The zero-order valence-electron chi connectivity index (χ0n) is 9.16. The maximum atomic E-state index is 11.5. The highest BCUT2D eigenvalue weighted by Gasteiger charge is 2.26. The number of carbonyl (C=O) groups is 1. The number of hydrogen-bond donors (Lipinski definition) is 1. The van der Waals surface area contributed by atoms with Gasteiger partial charge in [0.25, 0.3) is 11.9 Å². The van der Waals surface area contributed by atoms with Gasteiger partial charge in [-0.25, -0.2) is 0 Å². The molecule has 2 aromatic rings.